The average molecular weight is 302 g/mol. The van der Waals surface area contributed by atoms with E-state index >= 15 is 0 Å². The molecule has 0 atom stereocenters. The smallest absolute Gasteiger partial charge is 0.283 e. The quantitative estimate of drug-likeness (QED) is 0.556. The summed E-state index contributed by atoms with van der Waals surface area (Å²) in [5, 5.41) is 4.68. The van der Waals surface area contributed by atoms with Crippen molar-refractivity contribution in [2.75, 3.05) is 14.1 Å². The molecule has 3 heterocycles. The van der Waals surface area contributed by atoms with Crippen LogP contribution in [0.5, 0.6) is 0 Å². The van der Waals surface area contributed by atoms with Crippen molar-refractivity contribution in [1.29, 1.82) is 0 Å². The van der Waals surface area contributed by atoms with Gasteiger partial charge >= 0.3 is 0 Å². The molecule has 0 aliphatic heterocycles. The molecule has 0 aromatic carbocycles. The van der Waals surface area contributed by atoms with E-state index < -0.39 is 22.9 Å². The second-order valence-corrected chi connectivity index (χ2v) is 4.39. The van der Waals surface area contributed by atoms with Crippen LogP contribution in [0.2, 0.25) is 0 Å². The minimum Gasteiger partial charge on any atom is -0.354 e. The highest BCUT2D eigenvalue weighted by Gasteiger charge is 2.23. The van der Waals surface area contributed by atoms with Gasteiger partial charge in [0, 0.05) is 14.1 Å². The summed E-state index contributed by atoms with van der Waals surface area (Å²) in [6.45, 7) is 0. The molecule has 2 amide bonds. The van der Waals surface area contributed by atoms with Gasteiger partial charge in [0.2, 0.25) is 0 Å². The van der Waals surface area contributed by atoms with E-state index in [0.29, 0.717) is 0 Å². The Bertz CT molecular complexity index is 949. The van der Waals surface area contributed by atoms with E-state index in [0.717, 1.165) is 21.5 Å². The van der Waals surface area contributed by atoms with Crippen LogP contribution in [0.1, 0.15) is 21.0 Å². The Morgan fingerprint density at radius 2 is 1.23 bits per heavy atom. The standard InChI is InChI=1S/C12H10N6O4/c1-13-9(19)5-7-11(21)18-4-16-6(10(20)14-2)8(18)12(22)17(7)3-15-5/h3-4H,1-2H3,(H,13,19)(H,14,20). The van der Waals surface area contributed by atoms with Crippen LogP contribution in [0, 0.1) is 0 Å². The third-order valence-electron chi connectivity index (χ3n) is 3.26. The van der Waals surface area contributed by atoms with Gasteiger partial charge in [-0.05, 0) is 0 Å². The lowest BCUT2D eigenvalue weighted by Gasteiger charge is -1.99. The molecule has 3 rings (SSSR count). The Morgan fingerprint density at radius 1 is 0.864 bits per heavy atom. The summed E-state index contributed by atoms with van der Waals surface area (Å²) in [5.74, 6) is -1.19. The molecule has 0 aliphatic carbocycles. The Morgan fingerprint density at radius 3 is 1.55 bits per heavy atom. The first-order chi connectivity index (χ1) is 10.5. The predicted molar refractivity (Wildman–Crippen MR) is 74.4 cm³/mol. The molecule has 10 heteroatoms. The second kappa shape index (κ2) is 4.62. The summed E-state index contributed by atoms with van der Waals surface area (Å²) in [6, 6.07) is 0. The van der Waals surface area contributed by atoms with E-state index in [1.807, 2.05) is 0 Å². The van der Waals surface area contributed by atoms with Crippen LogP contribution in [-0.4, -0.2) is 44.7 Å². The first kappa shape index (κ1) is 13.7. The lowest BCUT2D eigenvalue weighted by Crippen LogP contribution is -2.29. The molecule has 0 bridgehead atoms. The van der Waals surface area contributed by atoms with Gasteiger partial charge < -0.3 is 10.6 Å². The molecule has 112 valence electrons. The van der Waals surface area contributed by atoms with E-state index in [1.165, 1.54) is 14.1 Å². The minimum atomic E-state index is -0.659. The molecular weight excluding hydrogens is 292 g/mol. The minimum absolute atomic E-state index is 0.165. The van der Waals surface area contributed by atoms with Gasteiger partial charge in [-0.2, -0.15) is 0 Å². The zero-order valence-corrected chi connectivity index (χ0v) is 11.6. The van der Waals surface area contributed by atoms with Crippen LogP contribution in [0.3, 0.4) is 0 Å². The third-order valence-corrected chi connectivity index (χ3v) is 3.26. The van der Waals surface area contributed by atoms with Gasteiger partial charge in [-0.1, -0.05) is 0 Å². The van der Waals surface area contributed by atoms with Gasteiger partial charge in [0.05, 0.1) is 0 Å². The number of amides is 2. The summed E-state index contributed by atoms with van der Waals surface area (Å²) in [7, 11) is 2.77. The maximum Gasteiger partial charge on any atom is 0.283 e. The van der Waals surface area contributed by atoms with Gasteiger partial charge in [0.1, 0.15) is 23.7 Å². The topological polar surface area (TPSA) is 127 Å². The van der Waals surface area contributed by atoms with Crippen molar-refractivity contribution in [2.24, 2.45) is 0 Å². The SMILES string of the molecule is CNC(=O)c1ncn2c(=O)c3c(C(=O)NC)ncn3c(=O)c12. The number of carbonyl (C=O) groups is 2. The van der Waals surface area contributed by atoms with Gasteiger partial charge in [0.25, 0.3) is 22.9 Å². The highest BCUT2D eigenvalue weighted by atomic mass is 16.2. The number of nitrogens with one attached hydrogen (secondary N) is 2. The average Bonchev–Trinajstić information content (AvgIpc) is 3.15. The first-order valence-electron chi connectivity index (χ1n) is 6.19. The number of carbonyl (C=O) groups excluding carboxylic acids is 2. The Kier molecular flexibility index (Phi) is 2.87. The Labute approximate surface area is 121 Å². The molecule has 0 unspecified atom stereocenters. The fraction of sp³-hybridized carbons (Fsp3) is 0.167. The molecular formula is C12H10N6O4. The van der Waals surface area contributed by atoms with Crippen molar-refractivity contribution in [3.63, 3.8) is 0 Å². The molecule has 3 aromatic rings. The predicted octanol–water partition coefficient (Wildman–Crippen LogP) is -2.14. The van der Waals surface area contributed by atoms with E-state index in [9.17, 15) is 19.2 Å². The highest BCUT2D eigenvalue weighted by Crippen LogP contribution is 2.07. The monoisotopic (exact) mass is 302 g/mol. The number of nitrogens with zero attached hydrogens (tertiary/aromatic N) is 4. The normalized spacial score (nSPS) is 11.0. The maximum atomic E-state index is 12.5. The number of hydrogen-bond acceptors (Lipinski definition) is 6. The van der Waals surface area contributed by atoms with Crippen LogP contribution in [0.15, 0.2) is 22.2 Å². The van der Waals surface area contributed by atoms with E-state index in [-0.39, 0.29) is 22.4 Å². The first-order valence-corrected chi connectivity index (χ1v) is 6.19. The van der Waals surface area contributed by atoms with E-state index in [4.69, 9.17) is 0 Å². The molecule has 0 radical (unpaired) electrons. The zero-order valence-electron chi connectivity index (χ0n) is 11.6. The van der Waals surface area contributed by atoms with Crippen molar-refractivity contribution >= 4 is 22.8 Å². The lowest BCUT2D eigenvalue weighted by molar-refractivity contribution is 0.0952. The number of hydrogen-bond donors (Lipinski definition) is 2. The van der Waals surface area contributed by atoms with E-state index in [2.05, 4.69) is 20.6 Å². The van der Waals surface area contributed by atoms with Crippen molar-refractivity contribution in [1.82, 2.24) is 29.4 Å². The maximum absolute atomic E-state index is 12.5. The summed E-state index contributed by atoms with van der Waals surface area (Å²) in [4.78, 5) is 56.0. The largest absolute Gasteiger partial charge is 0.354 e. The van der Waals surface area contributed by atoms with Crippen molar-refractivity contribution in [3.8, 4) is 0 Å². The van der Waals surface area contributed by atoms with Crippen LogP contribution >= 0.6 is 0 Å². The molecule has 2 N–H and O–H groups in total. The van der Waals surface area contributed by atoms with Crippen molar-refractivity contribution in [2.45, 2.75) is 0 Å². The number of imidazole rings is 2. The van der Waals surface area contributed by atoms with Crippen LogP contribution in [0.4, 0.5) is 0 Å². The van der Waals surface area contributed by atoms with E-state index in [1.54, 1.807) is 0 Å². The Balaban J connectivity index is 2.51. The fourth-order valence-corrected chi connectivity index (χ4v) is 2.21. The molecule has 22 heavy (non-hydrogen) atoms. The molecule has 0 saturated heterocycles. The lowest BCUT2D eigenvalue weighted by atomic mass is 10.3. The molecule has 10 nitrogen and oxygen atoms in total. The molecule has 0 aliphatic rings. The van der Waals surface area contributed by atoms with Gasteiger partial charge in [-0.3, -0.25) is 28.0 Å². The van der Waals surface area contributed by atoms with Crippen LogP contribution in [0.25, 0.3) is 11.0 Å². The number of rotatable bonds is 2. The zero-order chi connectivity index (χ0) is 16.0. The molecule has 0 spiro atoms. The molecule has 0 fully saturated rings. The summed E-state index contributed by atoms with van der Waals surface area (Å²) < 4.78 is 1.88. The number of fused-ring (bicyclic) bond motifs is 2. The highest BCUT2D eigenvalue weighted by molar-refractivity contribution is 6.00. The van der Waals surface area contributed by atoms with Crippen molar-refractivity contribution in [3.05, 3.63) is 44.8 Å². The number of aromatic nitrogens is 4. The second-order valence-electron chi connectivity index (χ2n) is 4.39. The van der Waals surface area contributed by atoms with Gasteiger partial charge in [-0.25, -0.2) is 9.97 Å². The summed E-state index contributed by atoms with van der Waals surface area (Å²) in [5.41, 5.74) is -1.99. The fourth-order valence-electron chi connectivity index (χ4n) is 2.21. The third kappa shape index (κ3) is 1.60. The van der Waals surface area contributed by atoms with Crippen LogP contribution < -0.4 is 21.8 Å². The molecule has 0 saturated carbocycles. The van der Waals surface area contributed by atoms with Crippen LogP contribution in [-0.2, 0) is 0 Å². The molecule has 3 aromatic heterocycles. The summed E-state index contributed by atoms with van der Waals surface area (Å²) in [6.07, 6.45) is 2.15. The van der Waals surface area contributed by atoms with Crippen molar-refractivity contribution < 1.29 is 9.59 Å². The summed E-state index contributed by atoms with van der Waals surface area (Å²) >= 11 is 0. The Hall–Kier alpha value is -3.30. The van der Waals surface area contributed by atoms with Gasteiger partial charge in [-0.15, -0.1) is 0 Å². The van der Waals surface area contributed by atoms with Gasteiger partial charge in [0.15, 0.2) is 11.4 Å².